The van der Waals surface area contributed by atoms with Crippen molar-refractivity contribution in [3.05, 3.63) is 59.0 Å². The number of benzene rings is 2. The van der Waals surface area contributed by atoms with E-state index < -0.39 is 0 Å². The summed E-state index contributed by atoms with van der Waals surface area (Å²) >= 11 is 1.36. The number of thiazole rings is 1. The molecule has 0 saturated carbocycles. The molecule has 0 fully saturated rings. The van der Waals surface area contributed by atoms with Crippen LogP contribution in [0.5, 0.6) is 11.5 Å². The Morgan fingerprint density at radius 3 is 2.38 bits per heavy atom. The van der Waals surface area contributed by atoms with E-state index in [1.807, 2.05) is 24.4 Å². The van der Waals surface area contributed by atoms with Gasteiger partial charge in [-0.3, -0.25) is 9.69 Å². The molecule has 1 heterocycles. The molecular weight excluding hydrogens is 384 g/mol. The first kappa shape index (κ1) is 20.9. The van der Waals surface area contributed by atoms with Crippen molar-refractivity contribution in [2.45, 2.75) is 33.1 Å². The highest BCUT2D eigenvalue weighted by Gasteiger charge is 2.22. The van der Waals surface area contributed by atoms with Gasteiger partial charge in [-0.25, -0.2) is 4.98 Å². The lowest BCUT2D eigenvalue weighted by atomic mass is 9.96. The second kappa shape index (κ2) is 8.66. The number of hydrogen-bond donors (Lipinski definition) is 2. The predicted molar refractivity (Wildman–Crippen MR) is 118 cm³/mol. The molecule has 0 spiro atoms. The number of anilines is 1. The van der Waals surface area contributed by atoms with Gasteiger partial charge >= 0.3 is 0 Å². The van der Waals surface area contributed by atoms with Crippen LogP contribution < -0.4 is 4.90 Å². The maximum atomic E-state index is 13.0. The summed E-state index contributed by atoms with van der Waals surface area (Å²) in [6.07, 6.45) is 1.03. The number of carbonyl (C=O) groups is 1. The zero-order valence-corrected chi connectivity index (χ0v) is 17.9. The topological polar surface area (TPSA) is 73.7 Å². The van der Waals surface area contributed by atoms with Crippen molar-refractivity contribution in [3.63, 3.8) is 0 Å². The highest BCUT2D eigenvalue weighted by molar-refractivity contribution is 7.14. The van der Waals surface area contributed by atoms with E-state index in [0.29, 0.717) is 22.3 Å². The Morgan fingerprint density at radius 2 is 1.76 bits per heavy atom. The average Bonchev–Trinajstić information content (AvgIpc) is 3.18. The second-order valence-corrected chi connectivity index (χ2v) is 8.51. The van der Waals surface area contributed by atoms with Crippen molar-refractivity contribution < 1.29 is 15.0 Å². The standard InChI is InChI=1S/C23H26N2O3S/c1-14(2)11-16-5-7-17(8-6-16)15(3)22(28)25(4)23-24-19(13-29-23)18-9-10-20(26)21(27)12-18/h5-10,12-15,26-27H,11H2,1-4H3. The van der Waals surface area contributed by atoms with Gasteiger partial charge in [-0.2, -0.15) is 0 Å². The third-order valence-electron chi connectivity index (χ3n) is 4.87. The van der Waals surface area contributed by atoms with Crippen molar-refractivity contribution in [1.82, 2.24) is 4.98 Å². The number of hydrogen-bond acceptors (Lipinski definition) is 5. The molecule has 5 nitrogen and oxygen atoms in total. The van der Waals surface area contributed by atoms with E-state index in [4.69, 9.17) is 0 Å². The van der Waals surface area contributed by atoms with Gasteiger partial charge in [0, 0.05) is 18.0 Å². The molecular formula is C23H26N2O3S. The van der Waals surface area contributed by atoms with Crippen LogP contribution in [-0.2, 0) is 11.2 Å². The molecule has 1 amide bonds. The Labute approximate surface area is 175 Å². The van der Waals surface area contributed by atoms with Crippen LogP contribution in [0.4, 0.5) is 5.13 Å². The molecule has 0 aliphatic heterocycles. The van der Waals surface area contributed by atoms with Crippen LogP contribution in [0.3, 0.4) is 0 Å². The molecule has 152 valence electrons. The van der Waals surface area contributed by atoms with Crippen LogP contribution in [0.1, 0.15) is 37.8 Å². The van der Waals surface area contributed by atoms with Crippen LogP contribution in [0.15, 0.2) is 47.8 Å². The third kappa shape index (κ3) is 4.77. The molecule has 0 saturated heterocycles. The molecule has 6 heteroatoms. The number of rotatable bonds is 6. The summed E-state index contributed by atoms with van der Waals surface area (Å²) in [4.78, 5) is 19.1. The fourth-order valence-corrected chi connectivity index (χ4v) is 3.98. The van der Waals surface area contributed by atoms with Gasteiger partial charge < -0.3 is 10.2 Å². The van der Waals surface area contributed by atoms with Crippen LogP contribution in [0.2, 0.25) is 0 Å². The maximum Gasteiger partial charge on any atom is 0.235 e. The molecule has 0 bridgehead atoms. The zero-order chi connectivity index (χ0) is 21.1. The van der Waals surface area contributed by atoms with Crippen LogP contribution in [-0.4, -0.2) is 28.2 Å². The van der Waals surface area contributed by atoms with E-state index >= 15 is 0 Å². The smallest absolute Gasteiger partial charge is 0.235 e. The SMILES string of the molecule is CC(C)Cc1ccc(C(C)C(=O)N(C)c2nc(-c3ccc(O)c(O)c3)cs2)cc1. The van der Waals surface area contributed by atoms with Crippen LogP contribution in [0.25, 0.3) is 11.3 Å². The summed E-state index contributed by atoms with van der Waals surface area (Å²) in [5.41, 5.74) is 3.58. The lowest BCUT2D eigenvalue weighted by Gasteiger charge is -2.19. The average molecular weight is 411 g/mol. The molecule has 1 atom stereocenters. The van der Waals surface area contributed by atoms with E-state index in [9.17, 15) is 15.0 Å². The van der Waals surface area contributed by atoms with E-state index in [2.05, 4.69) is 31.0 Å². The normalized spacial score (nSPS) is 12.2. The first-order chi connectivity index (χ1) is 13.8. The zero-order valence-electron chi connectivity index (χ0n) is 17.1. The number of phenolic OH excluding ortho intramolecular Hbond substituents is 2. The summed E-state index contributed by atoms with van der Waals surface area (Å²) in [7, 11) is 1.73. The monoisotopic (exact) mass is 410 g/mol. The van der Waals surface area contributed by atoms with Gasteiger partial charge in [0.05, 0.1) is 11.6 Å². The molecule has 0 aliphatic rings. The molecule has 2 aromatic carbocycles. The largest absolute Gasteiger partial charge is 0.504 e. The van der Waals surface area contributed by atoms with Crippen molar-refractivity contribution >= 4 is 22.4 Å². The molecule has 3 rings (SSSR count). The van der Waals surface area contributed by atoms with E-state index in [1.54, 1.807) is 18.0 Å². The minimum Gasteiger partial charge on any atom is -0.504 e. The second-order valence-electron chi connectivity index (χ2n) is 7.68. The van der Waals surface area contributed by atoms with Crippen molar-refractivity contribution in [1.29, 1.82) is 0 Å². The minimum atomic E-state index is -0.279. The highest BCUT2D eigenvalue weighted by atomic mass is 32.1. The van der Waals surface area contributed by atoms with E-state index in [1.165, 1.54) is 29.0 Å². The molecule has 1 aromatic heterocycles. The lowest BCUT2D eigenvalue weighted by molar-refractivity contribution is -0.119. The number of aromatic hydroxyl groups is 2. The van der Waals surface area contributed by atoms with E-state index in [-0.39, 0.29) is 23.3 Å². The van der Waals surface area contributed by atoms with Crippen LogP contribution >= 0.6 is 11.3 Å². The fourth-order valence-electron chi connectivity index (χ4n) is 3.17. The lowest BCUT2D eigenvalue weighted by Crippen LogP contribution is -2.30. The fraction of sp³-hybridized carbons (Fsp3) is 0.304. The minimum absolute atomic E-state index is 0.0314. The number of phenols is 2. The number of likely N-dealkylation sites (N-methyl/N-ethyl adjacent to an activating group) is 1. The Hall–Kier alpha value is -2.86. The molecule has 0 aliphatic carbocycles. The number of amides is 1. The Bertz CT molecular complexity index is 996. The van der Waals surface area contributed by atoms with Gasteiger partial charge in [0.1, 0.15) is 0 Å². The number of aromatic nitrogens is 1. The number of carbonyl (C=O) groups excluding carboxylic acids is 1. The third-order valence-corrected chi connectivity index (χ3v) is 5.79. The Kier molecular flexibility index (Phi) is 6.23. The molecule has 2 N–H and O–H groups in total. The first-order valence-electron chi connectivity index (χ1n) is 9.60. The van der Waals surface area contributed by atoms with Crippen molar-refractivity contribution in [2.75, 3.05) is 11.9 Å². The van der Waals surface area contributed by atoms with Gasteiger partial charge in [-0.15, -0.1) is 11.3 Å². The summed E-state index contributed by atoms with van der Waals surface area (Å²) in [5, 5.41) is 21.6. The van der Waals surface area contributed by atoms with Crippen LogP contribution in [0, 0.1) is 5.92 Å². The summed E-state index contributed by atoms with van der Waals surface area (Å²) in [6, 6.07) is 12.8. The molecule has 0 radical (unpaired) electrons. The first-order valence-corrected chi connectivity index (χ1v) is 10.5. The van der Waals surface area contributed by atoms with Gasteiger partial charge in [0.25, 0.3) is 0 Å². The summed E-state index contributed by atoms with van der Waals surface area (Å²) < 4.78 is 0. The Balaban J connectivity index is 1.74. The van der Waals surface area contributed by atoms with Gasteiger partial charge in [0.2, 0.25) is 5.91 Å². The van der Waals surface area contributed by atoms with Gasteiger partial charge in [-0.1, -0.05) is 38.1 Å². The van der Waals surface area contributed by atoms with Gasteiger partial charge in [0.15, 0.2) is 16.6 Å². The molecule has 3 aromatic rings. The molecule has 1 unspecified atom stereocenters. The van der Waals surface area contributed by atoms with Crippen molar-refractivity contribution in [3.8, 4) is 22.8 Å². The predicted octanol–water partition coefficient (Wildman–Crippen LogP) is 5.19. The Morgan fingerprint density at radius 1 is 1.07 bits per heavy atom. The quantitative estimate of drug-likeness (QED) is 0.549. The maximum absolute atomic E-state index is 13.0. The van der Waals surface area contributed by atoms with Crippen molar-refractivity contribution in [2.24, 2.45) is 5.92 Å². The number of nitrogens with zero attached hydrogens (tertiary/aromatic N) is 2. The summed E-state index contributed by atoms with van der Waals surface area (Å²) in [5.74, 6) is -0.0874. The van der Waals surface area contributed by atoms with E-state index in [0.717, 1.165) is 12.0 Å². The highest BCUT2D eigenvalue weighted by Crippen LogP contribution is 2.33. The molecule has 29 heavy (non-hydrogen) atoms. The van der Waals surface area contributed by atoms with Gasteiger partial charge in [-0.05, 0) is 48.6 Å². The summed E-state index contributed by atoms with van der Waals surface area (Å²) in [6.45, 7) is 6.29.